The molecule has 2 heterocycles. The van der Waals surface area contributed by atoms with Gasteiger partial charge in [-0.3, -0.25) is 0 Å². The highest BCUT2D eigenvalue weighted by molar-refractivity contribution is 9.10. The van der Waals surface area contributed by atoms with Crippen LogP contribution in [0, 0.1) is 5.92 Å². The molecule has 1 aromatic carbocycles. The summed E-state index contributed by atoms with van der Waals surface area (Å²) in [6, 6.07) is 6.19. The van der Waals surface area contributed by atoms with Crippen molar-refractivity contribution >= 4 is 22.0 Å². The average molecular weight is 353 g/mol. The van der Waals surface area contributed by atoms with Gasteiger partial charge in [0, 0.05) is 22.4 Å². The summed E-state index contributed by atoms with van der Waals surface area (Å²) in [6.45, 7) is 0.447. The van der Waals surface area contributed by atoms with E-state index in [-0.39, 0.29) is 24.1 Å². The third kappa shape index (κ3) is 1.96. The van der Waals surface area contributed by atoms with Crippen LogP contribution in [0.5, 0.6) is 5.75 Å². The Balaban J connectivity index is 1.87. The van der Waals surface area contributed by atoms with Crippen molar-refractivity contribution in [1.82, 2.24) is 0 Å². The van der Waals surface area contributed by atoms with E-state index in [1.807, 2.05) is 18.2 Å². The lowest BCUT2D eigenvalue weighted by molar-refractivity contribution is -0.0361. The van der Waals surface area contributed by atoms with E-state index in [2.05, 4.69) is 20.9 Å². The van der Waals surface area contributed by atoms with E-state index in [1.165, 1.54) is 0 Å². The minimum absolute atomic E-state index is 0.0410. The normalized spacial score (nSPS) is 37.2. The number of aliphatic hydroxyl groups excluding tert-OH is 1. The molecule has 1 aliphatic carbocycles. The van der Waals surface area contributed by atoms with Crippen LogP contribution in [0.4, 0.5) is 0 Å². The van der Waals surface area contributed by atoms with E-state index < -0.39 is 5.54 Å². The molecule has 4 unspecified atom stereocenters. The van der Waals surface area contributed by atoms with E-state index in [1.54, 1.807) is 0 Å². The van der Waals surface area contributed by atoms with Gasteiger partial charge in [-0.1, -0.05) is 15.9 Å². The van der Waals surface area contributed by atoms with E-state index in [0.717, 1.165) is 28.6 Å². The van der Waals surface area contributed by atoms with Crippen molar-refractivity contribution in [2.24, 2.45) is 16.6 Å². The highest BCUT2D eigenvalue weighted by atomic mass is 79.9. The van der Waals surface area contributed by atoms with Gasteiger partial charge < -0.3 is 20.3 Å². The SMILES string of the molecule is NC1=NC2(CO1)c1cc(Br)ccc1OC1CC(O)CCC12. The molecule has 0 saturated heterocycles. The lowest BCUT2D eigenvalue weighted by atomic mass is 9.68. The Hall–Kier alpha value is -1.27. The fourth-order valence-corrected chi connectivity index (χ4v) is 4.22. The lowest BCUT2D eigenvalue weighted by Crippen LogP contribution is -2.51. The molecule has 0 amide bonds. The number of nitrogens with zero attached hydrogens (tertiary/aromatic N) is 1. The van der Waals surface area contributed by atoms with Gasteiger partial charge in [0.15, 0.2) is 0 Å². The molecule has 112 valence electrons. The van der Waals surface area contributed by atoms with Crippen molar-refractivity contribution in [2.45, 2.75) is 37.0 Å². The van der Waals surface area contributed by atoms with Crippen LogP contribution in [0.2, 0.25) is 0 Å². The number of ether oxygens (including phenoxy) is 2. The molecule has 4 atom stereocenters. The van der Waals surface area contributed by atoms with Gasteiger partial charge in [-0.15, -0.1) is 0 Å². The van der Waals surface area contributed by atoms with Gasteiger partial charge in [-0.25, -0.2) is 4.99 Å². The van der Waals surface area contributed by atoms with Gasteiger partial charge in [-0.2, -0.15) is 0 Å². The van der Waals surface area contributed by atoms with Crippen molar-refractivity contribution in [2.75, 3.05) is 6.61 Å². The Labute approximate surface area is 131 Å². The summed E-state index contributed by atoms with van der Waals surface area (Å²) >= 11 is 3.52. The van der Waals surface area contributed by atoms with Crippen LogP contribution in [-0.4, -0.2) is 29.9 Å². The number of nitrogens with two attached hydrogens (primary N) is 1. The molecule has 1 fully saturated rings. The summed E-state index contributed by atoms with van der Waals surface area (Å²) in [6.07, 6.45) is 1.92. The summed E-state index contributed by atoms with van der Waals surface area (Å²) in [5.74, 6) is 0.999. The molecule has 3 aliphatic rings. The van der Waals surface area contributed by atoms with Crippen LogP contribution in [0.25, 0.3) is 0 Å². The summed E-state index contributed by atoms with van der Waals surface area (Å²) < 4.78 is 12.6. The highest BCUT2D eigenvalue weighted by Crippen LogP contribution is 2.52. The smallest absolute Gasteiger partial charge is 0.283 e. The van der Waals surface area contributed by atoms with Crippen LogP contribution >= 0.6 is 15.9 Å². The summed E-state index contributed by atoms with van der Waals surface area (Å²) in [5, 5.41) is 9.94. The van der Waals surface area contributed by atoms with Gasteiger partial charge in [0.1, 0.15) is 24.0 Å². The highest BCUT2D eigenvalue weighted by Gasteiger charge is 2.55. The number of amidine groups is 1. The minimum atomic E-state index is -0.480. The lowest BCUT2D eigenvalue weighted by Gasteiger charge is -2.47. The van der Waals surface area contributed by atoms with Crippen LogP contribution in [0.15, 0.2) is 27.7 Å². The molecule has 1 spiro atoms. The number of hydrogen-bond acceptors (Lipinski definition) is 5. The Morgan fingerprint density at radius 3 is 3.00 bits per heavy atom. The quantitative estimate of drug-likeness (QED) is 0.747. The summed E-state index contributed by atoms with van der Waals surface area (Å²) in [7, 11) is 0. The molecule has 1 saturated carbocycles. The molecule has 6 heteroatoms. The van der Waals surface area contributed by atoms with Crippen molar-refractivity contribution in [3.8, 4) is 5.75 Å². The maximum absolute atomic E-state index is 9.94. The second-order valence-corrected chi connectivity index (χ2v) is 6.95. The standard InChI is InChI=1S/C15H17BrN2O3/c16-8-1-4-12-11(5-8)15(7-20-14(17)18-15)10-3-2-9(19)6-13(10)21-12/h1,4-5,9-10,13,19H,2-3,6-7H2,(H2,17,18). The Morgan fingerprint density at radius 1 is 1.38 bits per heavy atom. The van der Waals surface area contributed by atoms with E-state index in [4.69, 9.17) is 15.2 Å². The third-order valence-electron chi connectivity index (χ3n) is 4.81. The van der Waals surface area contributed by atoms with Crippen molar-refractivity contribution in [1.29, 1.82) is 0 Å². The molecular formula is C15H17BrN2O3. The molecule has 0 aromatic heterocycles. The largest absolute Gasteiger partial charge is 0.490 e. The van der Waals surface area contributed by atoms with Crippen molar-refractivity contribution in [3.63, 3.8) is 0 Å². The zero-order valence-corrected chi connectivity index (χ0v) is 13.0. The molecule has 4 rings (SSSR count). The molecular weight excluding hydrogens is 336 g/mol. The van der Waals surface area contributed by atoms with E-state index in [0.29, 0.717) is 13.0 Å². The maximum Gasteiger partial charge on any atom is 0.283 e. The summed E-state index contributed by atoms with van der Waals surface area (Å²) in [5.41, 5.74) is 6.35. The monoisotopic (exact) mass is 352 g/mol. The Morgan fingerprint density at radius 2 is 2.24 bits per heavy atom. The van der Waals surface area contributed by atoms with Crippen molar-refractivity contribution in [3.05, 3.63) is 28.2 Å². The first-order valence-electron chi connectivity index (χ1n) is 7.21. The second-order valence-electron chi connectivity index (χ2n) is 6.03. The molecule has 0 radical (unpaired) electrons. The van der Waals surface area contributed by atoms with Gasteiger partial charge in [-0.05, 0) is 31.0 Å². The predicted molar refractivity (Wildman–Crippen MR) is 81.2 cm³/mol. The fourth-order valence-electron chi connectivity index (χ4n) is 3.86. The van der Waals surface area contributed by atoms with Crippen LogP contribution in [-0.2, 0) is 10.3 Å². The van der Waals surface area contributed by atoms with Gasteiger partial charge in [0.2, 0.25) is 0 Å². The Bertz CT molecular complexity index is 621. The number of hydrogen-bond donors (Lipinski definition) is 2. The Kier molecular flexibility index (Phi) is 2.94. The van der Waals surface area contributed by atoms with Crippen molar-refractivity contribution < 1.29 is 14.6 Å². The zero-order chi connectivity index (χ0) is 14.6. The van der Waals surface area contributed by atoms with Crippen LogP contribution in [0.3, 0.4) is 0 Å². The van der Waals surface area contributed by atoms with Gasteiger partial charge >= 0.3 is 0 Å². The molecule has 0 bridgehead atoms. The van der Waals surface area contributed by atoms with E-state index >= 15 is 0 Å². The average Bonchev–Trinajstić information content (AvgIpc) is 2.83. The topological polar surface area (TPSA) is 77.1 Å². The first-order chi connectivity index (χ1) is 10.1. The molecule has 2 aliphatic heterocycles. The minimum Gasteiger partial charge on any atom is -0.490 e. The maximum atomic E-state index is 9.94. The first-order valence-corrected chi connectivity index (χ1v) is 8.01. The third-order valence-corrected chi connectivity index (χ3v) is 5.31. The van der Waals surface area contributed by atoms with Crippen LogP contribution in [0.1, 0.15) is 24.8 Å². The fraction of sp³-hybridized carbons (Fsp3) is 0.533. The van der Waals surface area contributed by atoms with Gasteiger partial charge in [0.05, 0.1) is 6.10 Å². The number of benzene rings is 1. The van der Waals surface area contributed by atoms with E-state index in [9.17, 15) is 5.11 Å². The number of halogens is 1. The zero-order valence-electron chi connectivity index (χ0n) is 11.5. The number of aliphatic hydroxyl groups is 1. The van der Waals surface area contributed by atoms with Crippen LogP contribution < -0.4 is 10.5 Å². The number of rotatable bonds is 0. The number of fused-ring (bicyclic) bond motifs is 4. The number of aliphatic imine (C=N–C) groups is 1. The summed E-state index contributed by atoms with van der Waals surface area (Å²) in [4.78, 5) is 4.66. The second kappa shape index (κ2) is 4.61. The first kappa shape index (κ1) is 13.4. The van der Waals surface area contributed by atoms with Gasteiger partial charge in [0.25, 0.3) is 6.02 Å². The molecule has 21 heavy (non-hydrogen) atoms. The molecule has 5 nitrogen and oxygen atoms in total. The predicted octanol–water partition coefficient (Wildman–Crippen LogP) is 1.91. The molecule has 3 N–H and O–H groups in total. The molecule has 1 aromatic rings.